The molecule has 1 aliphatic heterocycles. The summed E-state index contributed by atoms with van der Waals surface area (Å²) in [4.78, 5) is 0. The molecule has 3 atom stereocenters. The first-order valence-electron chi connectivity index (χ1n) is 6.11. The molecule has 0 aliphatic carbocycles. The quantitative estimate of drug-likeness (QED) is 0.657. The number of rotatable bonds is 7. The van der Waals surface area contributed by atoms with E-state index < -0.39 is 0 Å². The van der Waals surface area contributed by atoms with E-state index in [9.17, 15) is 0 Å². The molecule has 0 radical (unpaired) electrons. The highest BCUT2D eigenvalue weighted by Gasteiger charge is 2.32. The summed E-state index contributed by atoms with van der Waals surface area (Å²) in [6, 6.07) is 0.590. The Morgan fingerprint density at radius 2 is 2.33 bits per heavy atom. The van der Waals surface area contributed by atoms with Crippen molar-refractivity contribution in [3.05, 3.63) is 0 Å². The summed E-state index contributed by atoms with van der Waals surface area (Å²) in [7, 11) is 3.82. The molecule has 3 unspecified atom stereocenters. The molecule has 0 aromatic carbocycles. The molecule has 15 heavy (non-hydrogen) atoms. The van der Waals surface area contributed by atoms with Crippen molar-refractivity contribution < 1.29 is 9.47 Å². The SMILES string of the molecule is CCC1OCCC1C(CCCOC)NC. The number of methoxy groups -OCH3 is 1. The molecule has 90 valence electrons. The molecular formula is C12H25NO2. The van der Waals surface area contributed by atoms with Gasteiger partial charge >= 0.3 is 0 Å². The van der Waals surface area contributed by atoms with Crippen LogP contribution in [0.5, 0.6) is 0 Å². The third-order valence-corrected chi connectivity index (χ3v) is 3.41. The largest absolute Gasteiger partial charge is 0.385 e. The highest BCUT2D eigenvalue weighted by molar-refractivity contribution is 4.85. The van der Waals surface area contributed by atoms with E-state index >= 15 is 0 Å². The van der Waals surface area contributed by atoms with Crippen LogP contribution in [-0.4, -0.2) is 39.5 Å². The van der Waals surface area contributed by atoms with Gasteiger partial charge in [0.1, 0.15) is 0 Å². The lowest BCUT2D eigenvalue weighted by molar-refractivity contribution is 0.0758. The van der Waals surface area contributed by atoms with Gasteiger partial charge in [-0.3, -0.25) is 0 Å². The van der Waals surface area contributed by atoms with Crippen LogP contribution in [0.4, 0.5) is 0 Å². The van der Waals surface area contributed by atoms with Crippen LogP contribution in [0.1, 0.15) is 32.6 Å². The second-order valence-electron chi connectivity index (χ2n) is 4.30. The Labute approximate surface area is 93.5 Å². The van der Waals surface area contributed by atoms with Gasteiger partial charge in [-0.2, -0.15) is 0 Å². The topological polar surface area (TPSA) is 30.5 Å². The summed E-state index contributed by atoms with van der Waals surface area (Å²) in [5.74, 6) is 0.692. The number of nitrogens with one attached hydrogen (secondary N) is 1. The fraction of sp³-hybridized carbons (Fsp3) is 1.00. The van der Waals surface area contributed by atoms with Crippen molar-refractivity contribution in [1.29, 1.82) is 0 Å². The summed E-state index contributed by atoms with van der Waals surface area (Å²) in [5, 5.41) is 3.43. The average Bonchev–Trinajstić information content (AvgIpc) is 2.72. The van der Waals surface area contributed by atoms with E-state index in [1.807, 2.05) is 0 Å². The zero-order valence-corrected chi connectivity index (χ0v) is 10.3. The van der Waals surface area contributed by atoms with E-state index in [1.165, 1.54) is 12.8 Å². The minimum atomic E-state index is 0.463. The third kappa shape index (κ3) is 3.74. The second kappa shape index (κ2) is 7.20. The maximum absolute atomic E-state index is 5.73. The lowest BCUT2D eigenvalue weighted by Crippen LogP contribution is -2.38. The Kier molecular flexibility index (Phi) is 6.22. The Hall–Kier alpha value is -0.120. The standard InChI is InChI=1S/C12H25NO2/c1-4-12-10(7-9-15-12)11(13-2)6-5-8-14-3/h10-13H,4-9H2,1-3H3. The first-order chi connectivity index (χ1) is 7.33. The summed E-state index contributed by atoms with van der Waals surface area (Å²) in [5.41, 5.74) is 0. The van der Waals surface area contributed by atoms with Crippen LogP contribution in [0.3, 0.4) is 0 Å². The molecule has 1 aliphatic rings. The fourth-order valence-electron chi connectivity index (χ4n) is 2.57. The molecule has 0 amide bonds. The molecule has 0 spiro atoms. The van der Waals surface area contributed by atoms with Crippen LogP contribution < -0.4 is 5.32 Å². The lowest BCUT2D eigenvalue weighted by Gasteiger charge is -2.26. The molecule has 0 saturated carbocycles. The van der Waals surface area contributed by atoms with Gasteiger partial charge in [0.25, 0.3) is 0 Å². The van der Waals surface area contributed by atoms with Crippen LogP contribution in [0, 0.1) is 5.92 Å². The van der Waals surface area contributed by atoms with Gasteiger partial charge in [0.15, 0.2) is 0 Å². The highest BCUT2D eigenvalue weighted by atomic mass is 16.5. The van der Waals surface area contributed by atoms with Crippen LogP contribution >= 0.6 is 0 Å². The Bertz CT molecular complexity index is 164. The van der Waals surface area contributed by atoms with Crippen LogP contribution in [0.25, 0.3) is 0 Å². The second-order valence-corrected chi connectivity index (χ2v) is 4.30. The summed E-state index contributed by atoms with van der Waals surface area (Å²) in [6.45, 7) is 4.01. The fourth-order valence-corrected chi connectivity index (χ4v) is 2.57. The summed E-state index contributed by atoms with van der Waals surface area (Å²) >= 11 is 0. The van der Waals surface area contributed by atoms with Gasteiger partial charge in [0, 0.05) is 32.3 Å². The predicted molar refractivity (Wildman–Crippen MR) is 62.1 cm³/mol. The molecule has 1 rings (SSSR count). The van der Waals surface area contributed by atoms with Crippen molar-refractivity contribution in [3.63, 3.8) is 0 Å². The van der Waals surface area contributed by atoms with Gasteiger partial charge in [-0.25, -0.2) is 0 Å². The molecule has 3 heteroatoms. The first-order valence-corrected chi connectivity index (χ1v) is 6.11. The molecule has 1 heterocycles. The van der Waals surface area contributed by atoms with Crippen molar-refractivity contribution in [2.45, 2.75) is 44.8 Å². The van der Waals surface area contributed by atoms with Gasteiger partial charge in [0.05, 0.1) is 6.10 Å². The van der Waals surface area contributed by atoms with Crippen molar-refractivity contribution in [3.8, 4) is 0 Å². The number of hydrogen-bond donors (Lipinski definition) is 1. The molecule has 0 aromatic heterocycles. The monoisotopic (exact) mass is 215 g/mol. The van der Waals surface area contributed by atoms with Crippen molar-refractivity contribution in [1.82, 2.24) is 5.32 Å². The van der Waals surface area contributed by atoms with Crippen molar-refractivity contribution in [2.75, 3.05) is 27.4 Å². The Balaban J connectivity index is 2.35. The molecule has 1 N–H and O–H groups in total. The molecule has 1 saturated heterocycles. The van der Waals surface area contributed by atoms with E-state index in [-0.39, 0.29) is 0 Å². The average molecular weight is 215 g/mol. The van der Waals surface area contributed by atoms with Crippen molar-refractivity contribution in [2.24, 2.45) is 5.92 Å². The van der Waals surface area contributed by atoms with Gasteiger partial charge in [-0.1, -0.05) is 6.92 Å². The minimum absolute atomic E-state index is 0.463. The maximum atomic E-state index is 5.73. The zero-order chi connectivity index (χ0) is 11.1. The molecule has 1 fully saturated rings. The zero-order valence-electron chi connectivity index (χ0n) is 10.3. The van der Waals surface area contributed by atoms with E-state index in [0.29, 0.717) is 18.1 Å². The predicted octanol–water partition coefficient (Wildman–Crippen LogP) is 1.82. The maximum Gasteiger partial charge on any atom is 0.0616 e. The lowest BCUT2D eigenvalue weighted by atomic mass is 9.88. The number of hydrogen-bond acceptors (Lipinski definition) is 3. The van der Waals surface area contributed by atoms with Gasteiger partial charge in [-0.05, 0) is 32.7 Å². The normalized spacial score (nSPS) is 28.2. The highest BCUT2D eigenvalue weighted by Crippen LogP contribution is 2.28. The Morgan fingerprint density at radius 1 is 1.53 bits per heavy atom. The summed E-state index contributed by atoms with van der Waals surface area (Å²) < 4.78 is 10.8. The van der Waals surface area contributed by atoms with E-state index in [4.69, 9.17) is 9.47 Å². The van der Waals surface area contributed by atoms with E-state index in [2.05, 4.69) is 19.3 Å². The first kappa shape index (κ1) is 12.9. The number of ether oxygens (including phenoxy) is 2. The van der Waals surface area contributed by atoms with Gasteiger partial charge < -0.3 is 14.8 Å². The molecule has 0 aromatic rings. The van der Waals surface area contributed by atoms with Crippen LogP contribution in [0.15, 0.2) is 0 Å². The van der Waals surface area contributed by atoms with Gasteiger partial charge in [-0.15, -0.1) is 0 Å². The van der Waals surface area contributed by atoms with E-state index in [1.54, 1.807) is 7.11 Å². The van der Waals surface area contributed by atoms with E-state index in [0.717, 1.165) is 26.1 Å². The van der Waals surface area contributed by atoms with Crippen molar-refractivity contribution >= 4 is 0 Å². The molecule has 0 bridgehead atoms. The van der Waals surface area contributed by atoms with Gasteiger partial charge in [0.2, 0.25) is 0 Å². The minimum Gasteiger partial charge on any atom is -0.385 e. The smallest absolute Gasteiger partial charge is 0.0616 e. The third-order valence-electron chi connectivity index (χ3n) is 3.41. The van der Waals surface area contributed by atoms with Crippen LogP contribution in [-0.2, 0) is 9.47 Å². The summed E-state index contributed by atoms with van der Waals surface area (Å²) in [6.07, 6.45) is 5.12. The molecule has 3 nitrogen and oxygen atoms in total. The molecular weight excluding hydrogens is 190 g/mol. The van der Waals surface area contributed by atoms with Crippen LogP contribution in [0.2, 0.25) is 0 Å². The Morgan fingerprint density at radius 3 is 2.93 bits per heavy atom.